The fraction of sp³-hybridized carbons (Fsp3) is 0. The van der Waals surface area contributed by atoms with Gasteiger partial charge in [-0.2, -0.15) is 0 Å². The van der Waals surface area contributed by atoms with Crippen LogP contribution in [0.1, 0.15) is 5.76 Å². The van der Waals surface area contributed by atoms with Gasteiger partial charge < -0.3 is 4.42 Å². The summed E-state index contributed by atoms with van der Waals surface area (Å²) in [5, 5.41) is 10.6. The number of nitro benzene ring substituents is 1. The zero-order chi connectivity index (χ0) is 19.7. The molecule has 0 saturated carbocycles. The number of nitro groups is 1. The molecular weight excluding hydrogens is 396 g/mol. The van der Waals surface area contributed by atoms with Crippen LogP contribution in [0.15, 0.2) is 76.1 Å². The number of hydrogen-bond donors (Lipinski definition) is 0. The minimum absolute atomic E-state index is 0.0184. The molecule has 0 spiro atoms. The van der Waals surface area contributed by atoms with Crippen LogP contribution in [0.3, 0.4) is 0 Å². The highest BCUT2D eigenvalue weighted by molar-refractivity contribution is 8.20. The van der Waals surface area contributed by atoms with Crippen LogP contribution in [0.5, 0.6) is 0 Å². The van der Waals surface area contributed by atoms with Crippen molar-refractivity contribution < 1.29 is 14.1 Å². The third kappa shape index (κ3) is 3.47. The summed E-state index contributed by atoms with van der Waals surface area (Å²) < 4.78 is 5.81. The number of benzene rings is 2. The molecule has 0 unspecified atom stereocenters. The number of para-hydroxylation sites is 1. The number of amides is 1. The zero-order valence-corrected chi connectivity index (χ0v) is 15.9. The van der Waals surface area contributed by atoms with Gasteiger partial charge >= 0.3 is 0 Å². The molecule has 1 aromatic heterocycles. The topological polar surface area (TPSA) is 76.6 Å². The maximum Gasteiger partial charge on any atom is 0.296 e. The molecule has 0 radical (unpaired) electrons. The number of nitrogens with zero attached hydrogens (tertiary/aromatic N) is 2. The molecule has 1 fully saturated rings. The first-order valence-corrected chi connectivity index (χ1v) is 9.43. The Morgan fingerprint density at radius 2 is 1.75 bits per heavy atom. The number of furan rings is 1. The summed E-state index contributed by atoms with van der Waals surface area (Å²) in [5.41, 5.74) is 1.46. The molecule has 0 bridgehead atoms. The summed E-state index contributed by atoms with van der Waals surface area (Å²) in [6.07, 6.45) is 1.72. The second kappa shape index (κ2) is 7.41. The smallest absolute Gasteiger partial charge is 0.296 e. The van der Waals surface area contributed by atoms with Gasteiger partial charge in [0.2, 0.25) is 0 Å². The molecule has 2 aromatic carbocycles. The average Bonchev–Trinajstić information content (AvgIpc) is 3.27. The van der Waals surface area contributed by atoms with Crippen molar-refractivity contribution in [3.8, 4) is 11.3 Å². The van der Waals surface area contributed by atoms with Crippen molar-refractivity contribution in [2.75, 3.05) is 4.90 Å². The Balaban J connectivity index is 1.58. The molecule has 0 atom stereocenters. The maximum atomic E-state index is 12.4. The second-order valence-corrected chi connectivity index (χ2v) is 7.24. The van der Waals surface area contributed by atoms with Crippen LogP contribution >= 0.6 is 24.0 Å². The van der Waals surface area contributed by atoms with Crippen LogP contribution < -0.4 is 4.90 Å². The lowest BCUT2D eigenvalue weighted by Crippen LogP contribution is -2.26. The van der Waals surface area contributed by atoms with Gasteiger partial charge in [0, 0.05) is 17.7 Å². The minimum atomic E-state index is -0.449. The lowest BCUT2D eigenvalue weighted by molar-refractivity contribution is -0.384. The van der Waals surface area contributed by atoms with Crippen LogP contribution in [0.4, 0.5) is 16.2 Å². The van der Waals surface area contributed by atoms with Crippen molar-refractivity contribution in [1.82, 2.24) is 0 Å². The summed E-state index contributed by atoms with van der Waals surface area (Å²) in [5.74, 6) is 1.11. The van der Waals surface area contributed by atoms with Crippen LogP contribution in [-0.4, -0.2) is 15.2 Å². The Kier molecular flexibility index (Phi) is 4.81. The van der Waals surface area contributed by atoms with E-state index in [-0.39, 0.29) is 10.9 Å². The fourth-order valence-corrected chi connectivity index (χ4v) is 3.99. The third-order valence-corrected chi connectivity index (χ3v) is 5.49. The van der Waals surface area contributed by atoms with Gasteiger partial charge in [0.05, 0.1) is 15.5 Å². The molecule has 8 heteroatoms. The normalized spacial score (nSPS) is 15.4. The highest BCUT2D eigenvalue weighted by Gasteiger charge is 2.33. The number of hydrogen-bond acceptors (Lipinski definition) is 6. The van der Waals surface area contributed by atoms with Gasteiger partial charge in [-0.1, -0.05) is 30.4 Å². The summed E-state index contributed by atoms with van der Waals surface area (Å²) in [6.45, 7) is 0. The van der Waals surface area contributed by atoms with Gasteiger partial charge in [-0.25, -0.2) is 0 Å². The third-order valence-electron chi connectivity index (χ3n) is 4.07. The van der Waals surface area contributed by atoms with Gasteiger partial charge in [0.25, 0.3) is 10.9 Å². The molecule has 28 heavy (non-hydrogen) atoms. The predicted molar refractivity (Wildman–Crippen MR) is 113 cm³/mol. The Hall–Kier alpha value is -3.23. The van der Waals surface area contributed by atoms with Crippen molar-refractivity contribution in [3.05, 3.63) is 87.5 Å². The quantitative estimate of drug-likeness (QED) is 0.232. The SMILES string of the molecule is O=C1SC(=Cc2ccc(-c3ccc([N+](=O)[O-])cc3)o2)C(=S)N1c1ccccc1. The van der Waals surface area contributed by atoms with Gasteiger partial charge in [-0.15, -0.1) is 0 Å². The largest absolute Gasteiger partial charge is 0.457 e. The highest BCUT2D eigenvalue weighted by atomic mass is 32.2. The summed E-state index contributed by atoms with van der Waals surface area (Å²) in [7, 11) is 0. The van der Waals surface area contributed by atoms with Crippen molar-refractivity contribution in [2.24, 2.45) is 0 Å². The van der Waals surface area contributed by atoms with Gasteiger partial charge in [0.1, 0.15) is 16.5 Å². The van der Waals surface area contributed by atoms with Crippen LogP contribution in [0, 0.1) is 10.1 Å². The van der Waals surface area contributed by atoms with E-state index >= 15 is 0 Å². The monoisotopic (exact) mass is 408 g/mol. The molecule has 1 saturated heterocycles. The number of thiocarbonyl (C=S) groups is 1. The second-order valence-electron chi connectivity index (χ2n) is 5.86. The zero-order valence-electron chi connectivity index (χ0n) is 14.3. The van der Waals surface area contributed by atoms with Gasteiger partial charge in [0.15, 0.2) is 0 Å². The molecule has 0 aliphatic carbocycles. The van der Waals surface area contributed by atoms with E-state index in [2.05, 4.69) is 0 Å². The van der Waals surface area contributed by atoms with E-state index < -0.39 is 4.92 Å². The molecule has 2 heterocycles. The van der Waals surface area contributed by atoms with Crippen LogP contribution in [0.2, 0.25) is 0 Å². The molecule has 4 rings (SSSR count). The van der Waals surface area contributed by atoms with Crippen LogP contribution in [0.25, 0.3) is 17.4 Å². The summed E-state index contributed by atoms with van der Waals surface area (Å²) >= 11 is 6.52. The van der Waals surface area contributed by atoms with E-state index in [0.29, 0.717) is 21.4 Å². The number of rotatable bonds is 4. The molecule has 6 nitrogen and oxygen atoms in total. The van der Waals surface area contributed by atoms with E-state index in [1.807, 2.05) is 30.3 Å². The van der Waals surface area contributed by atoms with E-state index in [1.54, 1.807) is 30.3 Å². The molecule has 3 aromatic rings. The van der Waals surface area contributed by atoms with Crippen LogP contribution in [-0.2, 0) is 0 Å². The molecule has 1 aliphatic heterocycles. The fourth-order valence-electron chi connectivity index (χ4n) is 2.73. The standard InChI is InChI=1S/C20H12N2O4S2/c23-20-21(14-4-2-1-3-5-14)19(27)18(28-20)12-16-10-11-17(26-16)13-6-8-15(9-7-13)22(24)25/h1-12H. The first-order valence-electron chi connectivity index (χ1n) is 8.20. The summed E-state index contributed by atoms with van der Waals surface area (Å²) in [6, 6.07) is 18.9. The van der Waals surface area contributed by atoms with E-state index in [9.17, 15) is 14.9 Å². The van der Waals surface area contributed by atoms with E-state index in [4.69, 9.17) is 16.6 Å². The first kappa shape index (κ1) is 18.1. The lowest BCUT2D eigenvalue weighted by atomic mass is 10.1. The Bertz CT molecular complexity index is 1100. The maximum absolute atomic E-state index is 12.4. The predicted octanol–water partition coefficient (Wildman–Crippen LogP) is 5.90. The molecular formula is C20H12N2O4S2. The summed E-state index contributed by atoms with van der Waals surface area (Å²) in [4.78, 5) is 25.2. The molecule has 1 amide bonds. The number of anilines is 1. The number of non-ortho nitro benzene ring substituents is 1. The first-order chi connectivity index (χ1) is 13.5. The number of thioether (sulfide) groups is 1. The number of carbonyl (C=O) groups excluding carboxylic acids is 1. The van der Waals surface area contributed by atoms with Gasteiger partial charge in [-0.05, 0) is 54.2 Å². The average molecular weight is 408 g/mol. The number of carbonyl (C=O) groups is 1. The molecule has 1 aliphatic rings. The minimum Gasteiger partial charge on any atom is -0.457 e. The van der Waals surface area contributed by atoms with Gasteiger partial charge in [-0.3, -0.25) is 19.8 Å². The van der Waals surface area contributed by atoms with Crippen molar-refractivity contribution in [2.45, 2.75) is 0 Å². The lowest BCUT2D eigenvalue weighted by Gasteiger charge is -2.14. The molecule has 138 valence electrons. The Labute approximate surface area is 169 Å². The van der Waals surface area contributed by atoms with Crippen molar-refractivity contribution in [1.29, 1.82) is 0 Å². The van der Waals surface area contributed by atoms with Crippen molar-refractivity contribution in [3.63, 3.8) is 0 Å². The van der Waals surface area contributed by atoms with E-state index in [0.717, 1.165) is 23.0 Å². The molecule has 0 N–H and O–H groups in total. The highest BCUT2D eigenvalue weighted by Crippen LogP contribution is 2.37. The van der Waals surface area contributed by atoms with E-state index in [1.165, 1.54) is 17.0 Å². The Morgan fingerprint density at radius 3 is 2.43 bits per heavy atom. The van der Waals surface area contributed by atoms with Crippen molar-refractivity contribution >= 4 is 51.7 Å². The Morgan fingerprint density at radius 1 is 1.04 bits per heavy atom.